The van der Waals surface area contributed by atoms with Gasteiger partial charge in [0.1, 0.15) is 5.75 Å². The van der Waals surface area contributed by atoms with Crippen molar-refractivity contribution in [1.29, 1.82) is 0 Å². The predicted octanol–water partition coefficient (Wildman–Crippen LogP) is 6.81. The lowest BCUT2D eigenvalue weighted by molar-refractivity contribution is -0.123. The van der Waals surface area contributed by atoms with E-state index in [1.54, 1.807) is 36.4 Å². The molecule has 0 spiro atoms. The summed E-state index contributed by atoms with van der Waals surface area (Å²) in [4.78, 5) is 35.5. The van der Waals surface area contributed by atoms with E-state index in [1.807, 2.05) is 60.7 Å². The number of rotatable bonds is 7. The Labute approximate surface area is 230 Å². The highest BCUT2D eigenvalue weighted by molar-refractivity contribution is 6.31. The number of nitrogens with one attached hydrogen (secondary N) is 1. The number of nitrogens with zero attached hydrogens (tertiary/aromatic N) is 2. The van der Waals surface area contributed by atoms with Crippen molar-refractivity contribution in [3.05, 3.63) is 108 Å². The fourth-order valence-electron chi connectivity index (χ4n) is 4.07. The van der Waals surface area contributed by atoms with Crippen molar-refractivity contribution in [3.8, 4) is 28.3 Å². The number of ether oxygens (including phenoxy) is 2. The van der Waals surface area contributed by atoms with Gasteiger partial charge in [-0.3, -0.25) is 4.79 Å². The van der Waals surface area contributed by atoms with Crippen LogP contribution in [0.2, 0.25) is 5.02 Å². The van der Waals surface area contributed by atoms with Gasteiger partial charge in [-0.2, -0.15) is 0 Å². The lowest BCUT2D eigenvalue weighted by atomic mass is 10.0. The van der Waals surface area contributed by atoms with E-state index in [2.05, 4.69) is 5.32 Å². The minimum absolute atomic E-state index is 0.253. The second kappa shape index (κ2) is 11.3. The number of methoxy groups -OCH3 is 1. The van der Waals surface area contributed by atoms with E-state index in [9.17, 15) is 9.59 Å². The zero-order valence-corrected chi connectivity index (χ0v) is 22.0. The Balaban J connectivity index is 1.42. The average molecular weight is 538 g/mol. The lowest BCUT2D eigenvalue weighted by Gasteiger charge is -2.16. The molecule has 0 saturated heterocycles. The topological polar surface area (TPSA) is 90.4 Å². The first kappa shape index (κ1) is 25.9. The van der Waals surface area contributed by atoms with Gasteiger partial charge in [-0.25, -0.2) is 14.8 Å². The minimum atomic E-state index is -1.08. The average Bonchev–Trinajstić information content (AvgIpc) is 2.97. The fourth-order valence-corrected chi connectivity index (χ4v) is 4.24. The van der Waals surface area contributed by atoms with Gasteiger partial charge in [-0.15, -0.1) is 0 Å². The van der Waals surface area contributed by atoms with E-state index < -0.39 is 18.0 Å². The number of hydrogen-bond donors (Lipinski definition) is 1. The highest BCUT2D eigenvalue weighted by Crippen LogP contribution is 2.31. The van der Waals surface area contributed by atoms with Gasteiger partial charge in [0.25, 0.3) is 5.91 Å². The van der Waals surface area contributed by atoms with Crippen LogP contribution in [0.25, 0.3) is 33.5 Å². The second-order valence-electron chi connectivity index (χ2n) is 8.74. The molecule has 1 amide bonds. The number of hydrogen-bond acceptors (Lipinski definition) is 6. The van der Waals surface area contributed by atoms with Gasteiger partial charge in [0.15, 0.2) is 6.10 Å². The third-order valence-corrected chi connectivity index (χ3v) is 6.30. The summed E-state index contributed by atoms with van der Waals surface area (Å²) in [5.74, 6) is -0.750. The van der Waals surface area contributed by atoms with Crippen LogP contribution in [-0.2, 0) is 9.53 Å². The van der Waals surface area contributed by atoms with Crippen LogP contribution in [0.1, 0.15) is 17.3 Å². The molecule has 5 aromatic rings. The summed E-state index contributed by atoms with van der Waals surface area (Å²) >= 11 is 6.04. The Bertz CT molecular complexity index is 1660. The molecule has 0 aliphatic heterocycles. The molecule has 0 fully saturated rings. The first-order valence-corrected chi connectivity index (χ1v) is 12.6. The maximum atomic E-state index is 13.0. The number of carbonyl (C=O) groups is 2. The molecule has 1 atom stereocenters. The van der Waals surface area contributed by atoms with Crippen LogP contribution >= 0.6 is 11.6 Å². The van der Waals surface area contributed by atoms with Crippen molar-refractivity contribution >= 4 is 40.2 Å². The number of benzene rings is 4. The van der Waals surface area contributed by atoms with Crippen LogP contribution in [0, 0.1) is 0 Å². The molecule has 8 heteroatoms. The Morgan fingerprint density at radius 2 is 1.41 bits per heavy atom. The minimum Gasteiger partial charge on any atom is -0.495 e. The predicted molar refractivity (Wildman–Crippen MR) is 152 cm³/mol. The molecule has 0 aliphatic carbocycles. The Hall–Kier alpha value is -4.75. The molecule has 7 nitrogen and oxygen atoms in total. The molecule has 39 heavy (non-hydrogen) atoms. The zero-order valence-electron chi connectivity index (χ0n) is 21.2. The third kappa shape index (κ3) is 5.73. The Kier molecular flexibility index (Phi) is 7.52. The first-order chi connectivity index (χ1) is 18.9. The lowest BCUT2D eigenvalue weighted by Crippen LogP contribution is -2.30. The molecule has 194 valence electrons. The maximum Gasteiger partial charge on any atom is 0.338 e. The van der Waals surface area contributed by atoms with E-state index in [0.29, 0.717) is 33.2 Å². The zero-order chi connectivity index (χ0) is 27.4. The molecule has 1 N–H and O–H groups in total. The summed E-state index contributed by atoms with van der Waals surface area (Å²) in [5, 5.41) is 3.12. The van der Waals surface area contributed by atoms with Crippen LogP contribution in [0.3, 0.4) is 0 Å². The van der Waals surface area contributed by atoms with Crippen molar-refractivity contribution in [2.24, 2.45) is 0 Å². The molecule has 1 aromatic heterocycles. The number of aromatic nitrogens is 2. The molecule has 1 heterocycles. The number of esters is 1. The van der Waals surface area contributed by atoms with Crippen molar-refractivity contribution in [3.63, 3.8) is 0 Å². The van der Waals surface area contributed by atoms with Crippen LogP contribution < -0.4 is 10.1 Å². The number of halogens is 1. The standard InChI is InChI=1S/C31H24ClN3O4/c1-19(30(36)35-26-18-23(32)14-16-27(26)38-2)39-31(37)22-13-15-24-25(17-22)34-29(21-11-7-4-8-12-21)28(33-24)20-9-5-3-6-10-20/h3-19H,1-2H3,(H,35,36). The molecule has 0 saturated carbocycles. The monoisotopic (exact) mass is 537 g/mol. The van der Waals surface area contributed by atoms with Crippen molar-refractivity contribution in [1.82, 2.24) is 9.97 Å². The quantitative estimate of drug-likeness (QED) is 0.229. The molecule has 0 bridgehead atoms. The van der Waals surface area contributed by atoms with Crippen LogP contribution in [0.4, 0.5) is 5.69 Å². The van der Waals surface area contributed by atoms with Gasteiger partial charge >= 0.3 is 5.97 Å². The van der Waals surface area contributed by atoms with Gasteiger partial charge in [-0.05, 0) is 43.3 Å². The summed E-state index contributed by atoms with van der Waals surface area (Å²) in [6.07, 6.45) is -1.08. The van der Waals surface area contributed by atoms with Crippen molar-refractivity contribution in [2.45, 2.75) is 13.0 Å². The largest absolute Gasteiger partial charge is 0.495 e. The van der Waals surface area contributed by atoms with Gasteiger partial charge in [0.05, 0.1) is 40.8 Å². The summed E-state index contributed by atoms with van der Waals surface area (Å²) in [6, 6.07) is 29.4. The van der Waals surface area contributed by atoms with Crippen molar-refractivity contribution < 1.29 is 19.1 Å². The molecule has 5 rings (SSSR count). The second-order valence-corrected chi connectivity index (χ2v) is 9.17. The SMILES string of the molecule is COc1ccc(Cl)cc1NC(=O)C(C)OC(=O)c1ccc2nc(-c3ccccc3)c(-c3ccccc3)nc2c1. The Morgan fingerprint density at radius 1 is 0.795 bits per heavy atom. The number of fused-ring (bicyclic) bond motifs is 1. The third-order valence-electron chi connectivity index (χ3n) is 6.07. The first-order valence-electron chi connectivity index (χ1n) is 12.2. The van der Waals surface area contributed by atoms with Crippen molar-refractivity contribution in [2.75, 3.05) is 12.4 Å². The molecular weight excluding hydrogens is 514 g/mol. The summed E-state index contributed by atoms with van der Waals surface area (Å²) in [5.41, 5.74) is 5.07. The van der Waals surface area contributed by atoms with Crippen LogP contribution in [-0.4, -0.2) is 35.1 Å². The van der Waals surface area contributed by atoms with E-state index in [1.165, 1.54) is 14.0 Å². The number of amides is 1. The summed E-state index contributed by atoms with van der Waals surface area (Å²) in [7, 11) is 1.48. The number of carbonyl (C=O) groups excluding carboxylic acids is 2. The van der Waals surface area contributed by atoms with Crippen LogP contribution in [0.15, 0.2) is 97.1 Å². The smallest absolute Gasteiger partial charge is 0.338 e. The molecule has 0 aliphatic rings. The maximum absolute atomic E-state index is 13.0. The van der Waals surface area contributed by atoms with Gasteiger partial charge in [0, 0.05) is 16.1 Å². The highest BCUT2D eigenvalue weighted by atomic mass is 35.5. The Morgan fingerprint density at radius 3 is 2.03 bits per heavy atom. The highest BCUT2D eigenvalue weighted by Gasteiger charge is 2.21. The van der Waals surface area contributed by atoms with E-state index in [4.69, 9.17) is 31.0 Å². The van der Waals surface area contributed by atoms with Crippen LogP contribution in [0.5, 0.6) is 5.75 Å². The molecular formula is C31H24ClN3O4. The summed E-state index contributed by atoms with van der Waals surface area (Å²) in [6.45, 7) is 1.49. The van der Waals surface area contributed by atoms with E-state index >= 15 is 0 Å². The summed E-state index contributed by atoms with van der Waals surface area (Å²) < 4.78 is 10.7. The molecule has 4 aromatic carbocycles. The van der Waals surface area contributed by atoms with E-state index in [-0.39, 0.29) is 5.56 Å². The fraction of sp³-hybridized carbons (Fsp3) is 0.0968. The van der Waals surface area contributed by atoms with Gasteiger partial charge in [0.2, 0.25) is 0 Å². The normalized spacial score (nSPS) is 11.6. The molecule has 1 unspecified atom stereocenters. The molecule has 0 radical (unpaired) electrons. The van der Waals surface area contributed by atoms with Gasteiger partial charge in [-0.1, -0.05) is 72.3 Å². The van der Waals surface area contributed by atoms with Gasteiger partial charge < -0.3 is 14.8 Å². The number of anilines is 1. The van der Waals surface area contributed by atoms with E-state index in [0.717, 1.165) is 16.8 Å².